The van der Waals surface area contributed by atoms with Gasteiger partial charge in [-0.2, -0.15) is 16.9 Å². The van der Waals surface area contributed by atoms with E-state index in [4.69, 9.17) is 5.10 Å². The first-order chi connectivity index (χ1) is 12.8. The standard InChI is InChI=1S/C20H26N4OS/c25-20(15-23-10-12-26-13-11-23)21-19-14-18(16-6-4-5-7-16)22-24(19)17-8-2-1-3-9-17/h1-3,8-9,14,16H,4-7,10-13,15H2,(H,21,25). The number of amides is 1. The molecule has 1 amide bonds. The van der Waals surface area contributed by atoms with Crippen LogP contribution in [-0.4, -0.2) is 51.7 Å². The molecule has 1 saturated heterocycles. The Morgan fingerprint density at radius 2 is 1.88 bits per heavy atom. The second-order valence-electron chi connectivity index (χ2n) is 7.12. The van der Waals surface area contributed by atoms with Crippen LogP contribution in [0.3, 0.4) is 0 Å². The predicted molar refractivity (Wildman–Crippen MR) is 107 cm³/mol. The van der Waals surface area contributed by atoms with E-state index in [2.05, 4.69) is 16.3 Å². The van der Waals surface area contributed by atoms with Crippen LogP contribution in [0.2, 0.25) is 0 Å². The van der Waals surface area contributed by atoms with Crippen molar-refractivity contribution in [3.05, 3.63) is 42.1 Å². The van der Waals surface area contributed by atoms with Crippen LogP contribution < -0.4 is 5.32 Å². The maximum atomic E-state index is 12.6. The highest BCUT2D eigenvalue weighted by Crippen LogP contribution is 2.35. The molecule has 2 fully saturated rings. The van der Waals surface area contributed by atoms with E-state index in [0.29, 0.717) is 12.5 Å². The number of para-hydroxylation sites is 1. The zero-order valence-electron chi connectivity index (χ0n) is 15.1. The number of nitrogens with one attached hydrogen (secondary N) is 1. The number of anilines is 1. The van der Waals surface area contributed by atoms with Crippen molar-refractivity contribution < 1.29 is 4.79 Å². The molecule has 1 N–H and O–H groups in total. The van der Waals surface area contributed by atoms with Crippen molar-refractivity contribution in [2.45, 2.75) is 31.6 Å². The first-order valence-corrected chi connectivity index (χ1v) is 10.7. The Balaban J connectivity index is 1.53. The summed E-state index contributed by atoms with van der Waals surface area (Å²) in [6.45, 7) is 2.44. The van der Waals surface area contributed by atoms with Crippen LogP contribution in [0.5, 0.6) is 0 Å². The molecule has 0 unspecified atom stereocenters. The molecule has 6 heteroatoms. The van der Waals surface area contributed by atoms with E-state index in [-0.39, 0.29) is 5.91 Å². The molecule has 4 rings (SSSR count). The number of nitrogens with zero attached hydrogens (tertiary/aromatic N) is 3. The van der Waals surface area contributed by atoms with Gasteiger partial charge in [-0.15, -0.1) is 0 Å². The van der Waals surface area contributed by atoms with Crippen LogP contribution in [0.4, 0.5) is 5.82 Å². The topological polar surface area (TPSA) is 50.2 Å². The largest absolute Gasteiger partial charge is 0.309 e. The Kier molecular flexibility index (Phi) is 5.60. The van der Waals surface area contributed by atoms with Crippen molar-refractivity contribution in [3.8, 4) is 5.69 Å². The summed E-state index contributed by atoms with van der Waals surface area (Å²) in [5.74, 6) is 3.58. The van der Waals surface area contributed by atoms with Gasteiger partial charge in [0.15, 0.2) is 0 Å². The molecule has 138 valence electrons. The van der Waals surface area contributed by atoms with Crippen molar-refractivity contribution in [1.29, 1.82) is 0 Å². The fraction of sp³-hybridized carbons (Fsp3) is 0.500. The maximum Gasteiger partial charge on any atom is 0.239 e. The zero-order valence-corrected chi connectivity index (χ0v) is 15.9. The maximum absolute atomic E-state index is 12.6. The van der Waals surface area contributed by atoms with Crippen LogP contribution in [-0.2, 0) is 4.79 Å². The first-order valence-electron chi connectivity index (χ1n) is 9.55. The summed E-state index contributed by atoms with van der Waals surface area (Å²) in [6, 6.07) is 12.1. The molecule has 1 aromatic heterocycles. The van der Waals surface area contributed by atoms with Gasteiger partial charge < -0.3 is 5.32 Å². The monoisotopic (exact) mass is 370 g/mol. The zero-order chi connectivity index (χ0) is 17.8. The molecule has 0 spiro atoms. The number of hydrogen-bond acceptors (Lipinski definition) is 4. The van der Waals surface area contributed by atoms with Crippen molar-refractivity contribution in [2.24, 2.45) is 0 Å². The molecule has 0 atom stereocenters. The Morgan fingerprint density at radius 3 is 2.62 bits per heavy atom. The van der Waals surface area contributed by atoms with Crippen LogP contribution in [0.25, 0.3) is 5.69 Å². The summed E-state index contributed by atoms with van der Waals surface area (Å²) in [5.41, 5.74) is 2.09. The van der Waals surface area contributed by atoms with Gasteiger partial charge in [0.05, 0.1) is 17.9 Å². The normalized spacial score (nSPS) is 18.9. The average Bonchev–Trinajstić information content (AvgIpc) is 3.33. The van der Waals surface area contributed by atoms with Crippen molar-refractivity contribution >= 4 is 23.5 Å². The minimum atomic E-state index is 0.0481. The Morgan fingerprint density at radius 1 is 1.15 bits per heavy atom. The number of rotatable bonds is 5. The summed E-state index contributed by atoms with van der Waals surface area (Å²) < 4.78 is 1.89. The minimum absolute atomic E-state index is 0.0481. The molecule has 1 aliphatic carbocycles. The van der Waals surface area contributed by atoms with E-state index >= 15 is 0 Å². The van der Waals surface area contributed by atoms with Crippen molar-refractivity contribution in [3.63, 3.8) is 0 Å². The van der Waals surface area contributed by atoms with E-state index in [1.165, 1.54) is 25.7 Å². The molecule has 5 nitrogen and oxygen atoms in total. The van der Waals surface area contributed by atoms with E-state index in [1.54, 1.807) is 0 Å². The number of carbonyl (C=O) groups excluding carboxylic acids is 1. The molecule has 0 bridgehead atoms. The lowest BCUT2D eigenvalue weighted by Gasteiger charge is -2.25. The fourth-order valence-corrected chi connectivity index (χ4v) is 4.80. The number of aromatic nitrogens is 2. The molecule has 1 saturated carbocycles. The number of benzene rings is 1. The molecule has 1 aromatic carbocycles. The number of carbonyl (C=O) groups is 1. The Hall–Kier alpha value is -1.79. The molecule has 0 radical (unpaired) electrons. The summed E-state index contributed by atoms with van der Waals surface area (Å²) >= 11 is 1.96. The second-order valence-corrected chi connectivity index (χ2v) is 8.34. The van der Waals surface area contributed by atoms with Crippen LogP contribution in [0.1, 0.15) is 37.3 Å². The van der Waals surface area contributed by atoms with E-state index < -0.39 is 0 Å². The number of hydrogen-bond donors (Lipinski definition) is 1. The third-order valence-electron chi connectivity index (χ3n) is 5.24. The summed E-state index contributed by atoms with van der Waals surface area (Å²) in [5, 5.41) is 7.96. The van der Waals surface area contributed by atoms with Gasteiger partial charge in [0.25, 0.3) is 0 Å². The molecular formula is C20H26N4OS. The third kappa shape index (κ3) is 4.13. The lowest BCUT2D eigenvalue weighted by molar-refractivity contribution is -0.117. The van der Waals surface area contributed by atoms with Gasteiger partial charge in [0, 0.05) is 36.6 Å². The highest BCUT2D eigenvalue weighted by atomic mass is 32.2. The quantitative estimate of drug-likeness (QED) is 0.875. The Labute approximate surface area is 159 Å². The lowest BCUT2D eigenvalue weighted by Crippen LogP contribution is -2.39. The van der Waals surface area contributed by atoms with Gasteiger partial charge in [-0.1, -0.05) is 31.0 Å². The Bertz CT molecular complexity index is 734. The van der Waals surface area contributed by atoms with Crippen molar-refractivity contribution in [2.75, 3.05) is 36.5 Å². The van der Waals surface area contributed by atoms with E-state index in [1.807, 2.05) is 46.8 Å². The molecule has 26 heavy (non-hydrogen) atoms. The summed E-state index contributed by atoms with van der Waals surface area (Å²) in [7, 11) is 0. The first kappa shape index (κ1) is 17.6. The van der Waals surface area contributed by atoms with Gasteiger partial charge >= 0.3 is 0 Å². The fourth-order valence-electron chi connectivity index (χ4n) is 3.82. The smallest absolute Gasteiger partial charge is 0.239 e. The second kappa shape index (κ2) is 8.27. The minimum Gasteiger partial charge on any atom is -0.309 e. The van der Waals surface area contributed by atoms with Gasteiger partial charge in [0.1, 0.15) is 5.82 Å². The third-order valence-corrected chi connectivity index (χ3v) is 6.18. The SMILES string of the molecule is O=C(CN1CCSCC1)Nc1cc(C2CCCC2)nn1-c1ccccc1. The molecule has 2 aliphatic rings. The van der Waals surface area contributed by atoms with E-state index in [9.17, 15) is 4.79 Å². The van der Waals surface area contributed by atoms with Gasteiger partial charge in [-0.3, -0.25) is 9.69 Å². The summed E-state index contributed by atoms with van der Waals surface area (Å²) in [6.07, 6.45) is 4.95. The molecule has 2 aromatic rings. The van der Waals surface area contributed by atoms with Crippen LogP contribution in [0.15, 0.2) is 36.4 Å². The molecule has 2 heterocycles. The predicted octanol–water partition coefficient (Wildman–Crippen LogP) is 3.52. The molecular weight excluding hydrogens is 344 g/mol. The highest BCUT2D eigenvalue weighted by molar-refractivity contribution is 7.99. The lowest BCUT2D eigenvalue weighted by atomic mass is 10.0. The number of thioether (sulfide) groups is 1. The van der Waals surface area contributed by atoms with Gasteiger partial charge in [-0.25, -0.2) is 4.68 Å². The molecule has 1 aliphatic heterocycles. The van der Waals surface area contributed by atoms with Crippen LogP contribution in [0, 0.1) is 0 Å². The van der Waals surface area contributed by atoms with Crippen LogP contribution >= 0.6 is 11.8 Å². The van der Waals surface area contributed by atoms with Gasteiger partial charge in [-0.05, 0) is 25.0 Å². The summed E-state index contributed by atoms with van der Waals surface area (Å²) in [4.78, 5) is 14.8. The average molecular weight is 371 g/mol. The van der Waals surface area contributed by atoms with Crippen molar-refractivity contribution in [1.82, 2.24) is 14.7 Å². The highest BCUT2D eigenvalue weighted by Gasteiger charge is 2.23. The van der Waals surface area contributed by atoms with E-state index in [0.717, 1.165) is 41.8 Å². The van der Waals surface area contributed by atoms with Gasteiger partial charge in [0.2, 0.25) is 5.91 Å².